The largest absolute Gasteiger partial charge is 0.436 e. The van der Waals surface area contributed by atoms with Crippen LogP contribution >= 0.6 is 0 Å². The standard InChI is InChI=1S/C23H25N3O2/c1-26-17-9-5-10-18(26)14-16(13-17)24-22(27)19-11-6-12-20-21(19)25-23(28-20)15-7-3-2-4-8-15/h2-4,6-8,11-12,16-18H,5,9-10,13-14H2,1H3,(H,24,27)/t17-,18-/m1/s1. The SMILES string of the molecule is CN1[C@@H]2CCC[C@@H]1CC(NC(=O)c1cccc3oc(-c4ccccc4)nc13)C2. The van der Waals surface area contributed by atoms with Gasteiger partial charge in [0.1, 0.15) is 5.52 Å². The van der Waals surface area contributed by atoms with E-state index in [4.69, 9.17) is 4.42 Å². The molecule has 0 aliphatic carbocycles. The highest BCUT2D eigenvalue weighted by Gasteiger charge is 2.36. The fourth-order valence-corrected chi connectivity index (χ4v) is 4.83. The molecule has 144 valence electrons. The lowest BCUT2D eigenvalue weighted by molar-refractivity contribution is 0.0463. The predicted octanol–water partition coefficient (Wildman–Crippen LogP) is 4.24. The Balaban J connectivity index is 1.40. The van der Waals surface area contributed by atoms with Crippen molar-refractivity contribution in [3.8, 4) is 11.5 Å². The predicted molar refractivity (Wildman–Crippen MR) is 109 cm³/mol. The molecule has 5 heteroatoms. The number of oxazole rings is 1. The molecule has 28 heavy (non-hydrogen) atoms. The van der Waals surface area contributed by atoms with E-state index >= 15 is 0 Å². The number of carbonyl (C=O) groups excluding carboxylic acids is 1. The van der Waals surface area contributed by atoms with Crippen LogP contribution in [0.3, 0.4) is 0 Å². The van der Waals surface area contributed by atoms with Crippen LogP contribution in [-0.4, -0.2) is 41.0 Å². The lowest BCUT2D eigenvalue weighted by atomic mass is 9.82. The number of hydrogen-bond acceptors (Lipinski definition) is 4. The normalized spacial score (nSPS) is 25.0. The summed E-state index contributed by atoms with van der Waals surface area (Å²) < 4.78 is 5.91. The van der Waals surface area contributed by atoms with Crippen LogP contribution in [0.15, 0.2) is 52.9 Å². The number of hydrogen-bond donors (Lipinski definition) is 1. The van der Waals surface area contributed by atoms with E-state index in [1.165, 1.54) is 19.3 Å². The van der Waals surface area contributed by atoms with Gasteiger partial charge in [-0.05, 0) is 57.0 Å². The highest BCUT2D eigenvalue weighted by Crippen LogP contribution is 2.33. The Hall–Kier alpha value is -2.66. The minimum absolute atomic E-state index is 0.0499. The van der Waals surface area contributed by atoms with Crippen molar-refractivity contribution in [3.63, 3.8) is 0 Å². The zero-order valence-corrected chi connectivity index (χ0v) is 16.1. The number of piperidine rings is 2. The lowest BCUT2D eigenvalue weighted by Gasteiger charge is -2.47. The molecule has 2 fully saturated rings. The first-order valence-corrected chi connectivity index (χ1v) is 10.2. The number of para-hydroxylation sites is 1. The van der Waals surface area contributed by atoms with Crippen LogP contribution in [0, 0.1) is 0 Å². The Bertz CT molecular complexity index is 984. The Kier molecular flexibility index (Phi) is 4.40. The van der Waals surface area contributed by atoms with Gasteiger partial charge in [-0.25, -0.2) is 4.98 Å². The molecule has 2 atom stereocenters. The summed E-state index contributed by atoms with van der Waals surface area (Å²) >= 11 is 0. The molecule has 1 amide bonds. The van der Waals surface area contributed by atoms with E-state index in [-0.39, 0.29) is 11.9 Å². The lowest BCUT2D eigenvalue weighted by Crippen LogP contribution is -2.55. The number of amides is 1. The van der Waals surface area contributed by atoms with Crippen molar-refractivity contribution < 1.29 is 9.21 Å². The Labute approximate surface area is 164 Å². The summed E-state index contributed by atoms with van der Waals surface area (Å²) in [6, 6.07) is 16.8. The van der Waals surface area contributed by atoms with E-state index in [1.807, 2.05) is 48.5 Å². The van der Waals surface area contributed by atoms with Crippen LogP contribution in [0.5, 0.6) is 0 Å². The van der Waals surface area contributed by atoms with Crippen molar-refractivity contribution in [2.24, 2.45) is 0 Å². The van der Waals surface area contributed by atoms with E-state index in [9.17, 15) is 4.79 Å². The van der Waals surface area contributed by atoms with Gasteiger partial charge in [0.05, 0.1) is 5.56 Å². The summed E-state index contributed by atoms with van der Waals surface area (Å²) in [7, 11) is 2.23. The number of aromatic nitrogens is 1. The number of fused-ring (bicyclic) bond motifs is 3. The number of nitrogens with one attached hydrogen (secondary N) is 1. The third kappa shape index (κ3) is 3.10. The fourth-order valence-electron chi connectivity index (χ4n) is 4.83. The van der Waals surface area contributed by atoms with Crippen LogP contribution in [-0.2, 0) is 0 Å². The smallest absolute Gasteiger partial charge is 0.253 e. The van der Waals surface area contributed by atoms with Crippen LogP contribution in [0.4, 0.5) is 0 Å². The third-order valence-electron chi connectivity index (χ3n) is 6.36. The highest BCUT2D eigenvalue weighted by atomic mass is 16.3. The molecule has 3 aromatic rings. The molecule has 5 nitrogen and oxygen atoms in total. The minimum Gasteiger partial charge on any atom is -0.436 e. The average molecular weight is 375 g/mol. The van der Waals surface area contributed by atoms with Crippen molar-refractivity contribution in [2.45, 2.75) is 50.2 Å². The first kappa shape index (κ1) is 17.4. The molecule has 0 spiro atoms. The van der Waals surface area contributed by atoms with Crippen LogP contribution < -0.4 is 5.32 Å². The summed E-state index contributed by atoms with van der Waals surface area (Å²) in [4.78, 5) is 20.2. The summed E-state index contributed by atoms with van der Waals surface area (Å²) in [6.07, 6.45) is 5.84. The maximum absolute atomic E-state index is 13.1. The Morgan fingerprint density at radius 1 is 1.07 bits per heavy atom. The second-order valence-electron chi connectivity index (χ2n) is 8.08. The van der Waals surface area contributed by atoms with E-state index in [0.717, 1.165) is 18.4 Å². The van der Waals surface area contributed by atoms with E-state index in [0.29, 0.717) is 34.6 Å². The zero-order chi connectivity index (χ0) is 19.1. The van der Waals surface area contributed by atoms with Crippen molar-refractivity contribution in [1.82, 2.24) is 15.2 Å². The van der Waals surface area contributed by atoms with Crippen molar-refractivity contribution >= 4 is 17.0 Å². The second-order valence-corrected chi connectivity index (χ2v) is 8.08. The van der Waals surface area contributed by atoms with Gasteiger partial charge in [0.15, 0.2) is 5.58 Å². The molecular formula is C23H25N3O2. The van der Waals surface area contributed by atoms with E-state index in [2.05, 4.69) is 22.2 Å². The summed E-state index contributed by atoms with van der Waals surface area (Å²) in [5.74, 6) is 0.496. The molecule has 5 rings (SSSR count). The zero-order valence-electron chi connectivity index (χ0n) is 16.1. The van der Waals surface area contributed by atoms with Gasteiger partial charge >= 0.3 is 0 Å². The number of carbonyl (C=O) groups is 1. The monoisotopic (exact) mass is 375 g/mol. The second kappa shape index (κ2) is 7.06. The molecule has 2 aliphatic heterocycles. The molecular weight excluding hydrogens is 350 g/mol. The van der Waals surface area contributed by atoms with Crippen LogP contribution in [0.25, 0.3) is 22.6 Å². The summed E-state index contributed by atoms with van der Waals surface area (Å²) in [5, 5.41) is 3.28. The van der Waals surface area contributed by atoms with Gasteiger partial charge in [-0.2, -0.15) is 0 Å². The van der Waals surface area contributed by atoms with Gasteiger partial charge in [0.25, 0.3) is 5.91 Å². The molecule has 3 heterocycles. The van der Waals surface area contributed by atoms with Crippen LogP contribution in [0.1, 0.15) is 42.5 Å². The Morgan fingerprint density at radius 2 is 1.82 bits per heavy atom. The molecule has 2 saturated heterocycles. The van der Waals surface area contributed by atoms with Crippen LogP contribution in [0.2, 0.25) is 0 Å². The molecule has 1 N–H and O–H groups in total. The van der Waals surface area contributed by atoms with Gasteiger partial charge in [0, 0.05) is 23.7 Å². The first-order valence-electron chi connectivity index (χ1n) is 10.2. The number of nitrogens with zero attached hydrogens (tertiary/aromatic N) is 2. The molecule has 2 bridgehead atoms. The molecule has 0 unspecified atom stereocenters. The van der Waals surface area contributed by atoms with Crippen molar-refractivity contribution in [3.05, 3.63) is 54.1 Å². The first-order chi connectivity index (χ1) is 13.7. The van der Waals surface area contributed by atoms with E-state index in [1.54, 1.807) is 0 Å². The summed E-state index contributed by atoms with van der Waals surface area (Å²) in [6.45, 7) is 0. The van der Waals surface area contributed by atoms with Gasteiger partial charge < -0.3 is 14.6 Å². The number of rotatable bonds is 3. The highest BCUT2D eigenvalue weighted by molar-refractivity contribution is 6.05. The minimum atomic E-state index is -0.0499. The van der Waals surface area contributed by atoms with E-state index < -0.39 is 0 Å². The Morgan fingerprint density at radius 3 is 2.57 bits per heavy atom. The van der Waals surface area contributed by atoms with Crippen molar-refractivity contribution in [2.75, 3.05) is 7.05 Å². The molecule has 0 radical (unpaired) electrons. The molecule has 1 aromatic heterocycles. The van der Waals surface area contributed by atoms with Gasteiger partial charge in [-0.1, -0.05) is 30.7 Å². The number of benzene rings is 2. The van der Waals surface area contributed by atoms with Crippen molar-refractivity contribution in [1.29, 1.82) is 0 Å². The maximum Gasteiger partial charge on any atom is 0.253 e. The fraction of sp³-hybridized carbons (Fsp3) is 0.391. The molecule has 2 aliphatic rings. The molecule has 2 aromatic carbocycles. The summed E-state index contributed by atoms with van der Waals surface area (Å²) in [5.41, 5.74) is 2.78. The quantitative estimate of drug-likeness (QED) is 0.744. The maximum atomic E-state index is 13.1. The average Bonchev–Trinajstić information content (AvgIpc) is 3.14. The topological polar surface area (TPSA) is 58.4 Å². The molecule has 0 saturated carbocycles. The van der Waals surface area contributed by atoms with Gasteiger partial charge in [0.2, 0.25) is 5.89 Å². The van der Waals surface area contributed by atoms with Gasteiger partial charge in [-0.15, -0.1) is 0 Å². The van der Waals surface area contributed by atoms with Gasteiger partial charge in [-0.3, -0.25) is 4.79 Å². The third-order valence-corrected chi connectivity index (χ3v) is 6.36.